The van der Waals surface area contributed by atoms with Crippen LogP contribution in [-0.2, 0) is 26.0 Å². The highest BCUT2D eigenvalue weighted by Crippen LogP contribution is 2.45. The van der Waals surface area contributed by atoms with E-state index in [0.717, 1.165) is 28.0 Å². The number of halogens is 2. The van der Waals surface area contributed by atoms with Gasteiger partial charge in [-0.15, -0.1) is 0 Å². The molecule has 3 saturated heterocycles. The summed E-state index contributed by atoms with van der Waals surface area (Å²) in [5, 5.41) is 7.08. The number of ether oxygens (including phenoxy) is 1. The van der Waals surface area contributed by atoms with Crippen molar-refractivity contribution >= 4 is 72.8 Å². The monoisotopic (exact) mass is 1080 g/mol. The number of nitrogens with zero attached hydrogens (tertiary/aromatic N) is 11. The molecule has 0 radical (unpaired) electrons. The normalized spacial score (nSPS) is 18.0. The summed E-state index contributed by atoms with van der Waals surface area (Å²) in [6.45, 7) is 5.55. The molecule has 78 heavy (non-hydrogen) atoms. The number of benzene rings is 3. The van der Waals surface area contributed by atoms with E-state index in [4.69, 9.17) is 4.74 Å². The van der Waals surface area contributed by atoms with Crippen LogP contribution in [0.25, 0.3) is 22.0 Å². The van der Waals surface area contributed by atoms with E-state index in [-0.39, 0.29) is 47.6 Å². The minimum atomic E-state index is -3.14. The predicted octanol–water partition coefficient (Wildman–Crippen LogP) is 6.46. The molecule has 4 aliphatic heterocycles. The Labute approximate surface area is 450 Å². The molecule has 2 atom stereocenters. The Hall–Kier alpha value is -8.40. The number of carbonyl (C=O) groups is 3. The molecular weight excluding hydrogens is 1020 g/mol. The second-order valence-electron chi connectivity index (χ2n) is 20.2. The number of piperidine rings is 1. The van der Waals surface area contributed by atoms with Crippen LogP contribution in [0.1, 0.15) is 41.9 Å². The summed E-state index contributed by atoms with van der Waals surface area (Å²) in [6.07, 6.45) is 11.6. The smallest absolute Gasteiger partial charge is 0.257 e. The van der Waals surface area contributed by atoms with Gasteiger partial charge in [0, 0.05) is 142 Å². The van der Waals surface area contributed by atoms with Crippen molar-refractivity contribution in [3.05, 3.63) is 139 Å². The Kier molecular flexibility index (Phi) is 14.3. The number of aromatic nitrogens is 5. The third kappa shape index (κ3) is 10.5. The summed E-state index contributed by atoms with van der Waals surface area (Å²) < 4.78 is 62.8. The van der Waals surface area contributed by atoms with Crippen LogP contribution >= 0.6 is 0 Å². The van der Waals surface area contributed by atoms with Crippen LogP contribution in [0.2, 0.25) is 0 Å². The molecule has 11 rings (SSSR count). The van der Waals surface area contributed by atoms with Crippen molar-refractivity contribution in [2.45, 2.75) is 43.8 Å². The molecule has 3 amide bonds. The lowest BCUT2D eigenvalue weighted by Crippen LogP contribution is -2.55. The van der Waals surface area contributed by atoms with Crippen LogP contribution in [0.3, 0.4) is 0 Å². The van der Waals surface area contributed by atoms with E-state index in [1.165, 1.54) is 43.8 Å². The zero-order chi connectivity index (χ0) is 54.2. The summed E-state index contributed by atoms with van der Waals surface area (Å²) in [4.78, 5) is 72.6. The number of hydrogen-bond acceptors (Lipinski definition) is 15. The molecule has 1 unspecified atom stereocenters. The summed E-state index contributed by atoms with van der Waals surface area (Å²) >= 11 is 0. The molecule has 0 spiro atoms. The Morgan fingerprint density at radius 1 is 0.769 bits per heavy atom. The van der Waals surface area contributed by atoms with Crippen LogP contribution in [-0.4, -0.2) is 151 Å². The van der Waals surface area contributed by atoms with E-state index >= 15 is 4.39 Å². The van der Waals surface area contributed by atoms with E-state index in [1.807, 2.05) is 73.7 Å². The zero-order valence-electron chi connectivity index (χ0n) is 43.4. The molecule has 0 bridgehead atoms. The first-order valence-electron chi connectivity index (χ1n) is 26.0. The Morgan fingerprint density at radius 2 is 1.54 bits per heavy atom. The molecule has 3 aromatic carbocycles. The quantitative estimate of drug-likeness (QED) is 0.128. The Morgan fingerprint density at radius 3 is 2.29 bits per heavy atom. The molecule has 3 fully saturated rings. The molecule has 4 aliphatic rings. The number of piperazine rings is 2. The van der Waals surface area contributed by atoms with Gasteiger partial charge in [-0.1, -0.05) is 12.1 Å². The van der Waals surface area contributed by atoms with Crippen LogP contribution < -0.4 is 35.0 Å². The van der Waals surface area contributed by atoms with E-state index in [1.54, 1.807) is 47.9 Å². The maximum Gasteiger partial charge on any atom is 0.257 e. The fraction of sp³-hybridized carbons (Fsp3) is 0.339. The summed E-state index contributed by atoms with van der Waals surface area (Å²) in [6, 6.07) is 21.5. The molecule has 4 aromatic heterocycles. The first-order chi connectivity index (χ1) is 37.7. The standard InChI is InChI=1S/C56H59F2N13O6S/c1-36-33-69(24-25-70(36)52(73)34-68-17-12-37-10-15-59-32-49(37)68)53-44(27-40(58)28-45(53)55(74)63-41-11-16-60-50(29-41)77-2)54-64-46-6-4-5-7-48(46)71(54)35-51(72)66-22-20-65(21-23-66)47-9-8-39(57)26-43(47)38-30-61-56(62-31-38)67-18-13-42(14-19-67)78(3,75)76/h4-12,15-17,26-32,36,42,54,64H,13-14,18-25,33-35H2,1-3H3,(H,60,63,74)/t36-,54?/m0/s1. The number of hydrogen-bond donors (Lipinski definition) is 2. The van der Waals surface area contributed by atoms with Gasteiger partial charge in [0.2, 0.25) is 23.6 Å². The van der Waals surface area contributed by atoms with Crippen LogP contribution in [0, 0.1) is 11.6 Å². The molecule has 19 nitrogen and oxygen atoms in total. The molecule has 8 heterocycles. The van der Waals surface area contributed by atoms with Crippen LogP contribution in [0.5, 0.6) is 5.88 Å². The average Bonchev–Trinajstić information content (AvgIpc) is 4.03. The van der Waals surface area contributed by atoms with Gasteiger partial charge in [0.1, 0.15) is 34.2 Å². The van der Waals surface area contributed by atoms with Gasteiger partial charge in [0.25, 0.3) is 5.91 Å². The molecule has 0 aliphatic carbocycles. The van der Waals surface area contributed by atoms with Gasteiger partial charge in [0.15, 0.2) is 0 Å². The number of amides is 3. The fourth-order valence-electron chi connectivity index (χ4n) is 11.3. The Bertz CT molecular complexity index is 3520. The van der Waals surface area contributed by atoms with Gasteiger partial charge in [-0.25, -0.2) is 32.2 Å². The summed E-state index contributed by atoms with van der Waals surface area (Å²) in [7, 11) is -1.67. The van der Waals surface area contributed by atoms with Crippen LogP contribution in [0.4, 0.5) is 43.2 Å². The third-order valence-electron chi connectivity index (χ3n) is 15.3. The van der Waals surface area contributed by atoms with E-state index in [9.17, 15) is 27.2 Å². The van der Waals surface area contributed by atoms with Gasteiger partial charge in [-0.3, -0.25) is 19.4 Å². The van der Waals surface area contributed by atoms with Crippen molar-refractivity contribution in [1.82, 2.24) is 34.3 Å². The molecular formula is C56H59F2N13O6S. The molecule has 2 N–H and O–H groups in total. The number of para-hydroxylation sites is 2. The largest absolute Gasteiger partial charge is 0.481 e. The van der Waals surface area contributed by atoms with E-state index in [0.29, 0.717) is 106 Å². The highest BCUT2D eigenvalue weighted by molar-refractivity contribution is 7.91. The summed E-state index contributed by atoms with van der Waals surface area (Å²) in [5.74, 6) is -1.14. The third-order valence-corrected chi connectivity index (χ3v) is 17.0. The number of carbonyl (C=O) groups excluding carboxylic acids is 3. The minimum absolute atomic E-state index is 0.0634. The lowest BCUT2D eigenvalue weighted by molar-refractivity contribution is -0.134. The predicted molar refractivity (Wildman–Crippen MR) is 295 cm³/mol. The van der Waals surface area contributed by atoms with Gasteiger partial charge in [-0.05, 0) is 80.4 Å². The highest BCUT2D eigenvalue weighted by Gasteiger charge is 2.39. The van der Waals surface area contributed by atoms with Crippen LogP contribution in [0.15, 0.2) is 116 Å². The Balaban J connectivity index is 0.837. The maximum atomic E-state index is 16.4. The van der Waals surface area contributed by atoms with Gasteiger partial charge in [0.05, 0.1) is 53.2 Å². The second kappa shape index (κ2) is 21.6. The van der Waals surface area contributed by atoms with Crippen molar-refractivity contribution in [2.24, 2.45) is 0 Å². The topological polar surface area (TPSA) is 195 Å². The number of methoxy groups -OCH3 is 1. The summed E-state index contributed by atoms with van der Waals surface area (Å²) in [5.41, 5.74) is 5.61. The number of pyridine rings is 2. The highest BCUT2D eigenvalue weighted by atomic mass is 32.2. The number of rotatable bonds is 13. The van der Waals surface area contributed by atoms with Crippen molar-refractivity contribution < 1.29 is 36.3 Å². The number of sulfone groups is 1. The van der Waals surface area contributed by atoms with Crippen molar-refractivity contribution in [3.63, 3.8) is 0 Å². The molecule has 404 valence electrons. The van der Waals surface area contributed by atoms with Crippen molar-refractivity contribution in [1.29, 1.82) is 0 Å². The molecule has 7 aromatic rings. The van der Waals surface area contributed by atoms with E-state index < -0.39 is 33.5 Å². The lowest BCUT2D eigenvalue weighted by atomic mass is 9.99. The lowest BCUT2D eigenvalue weighted by Gasteiger charge is -2.43. The van der Waals surface area contributed by atoms with Gasteiger partial charge >= 0.3 is 0 Å². The molecule has 0 saturated carbocycles. The van der Waals surface area contributed by atoms with Gasteiger partial charge < -0.3 is 49.3 Å². The SMILES string of the molecule is COc1cc(NC(=O)c2cc(F)cc(C3Nc4ccccc4N3CC(=O)N3CCN(c4ccc(F)cc4-c4cnc(N5CCC(S(C)(=O)=O)CC5)nc4)CC3)c2N2CCN(C(=O)Cn3ccc4ccncc43)[C@@H](C)C2)ccn1. The van der Waals surface area contributed by atoms with Crippen molar-refractivity contribution in [2.75, 3.05) is 109 Å². The number of fused-ring (bicyclic) bond motifs is 2. The first-order valence-corrected chi connectivity index (χ1v) is 27.9. The molecule has 22 heteroatoms. The first kappa shape index (κ1) is 51.7. The number of anilines is 6. The minimum Gasteiger partial charge on any atom is -0.481 e. The fourth-order valence-corrected chi connectivity index (χ4v) is 12.4. The maximum absolute atomic E-state index is 16.4. The second-order valence-corrected chi connectivity index (χ2v) is 22.5. The van der Waals surface area contributed by atoms with Gasteiger partial charge in [-0.2, -0.15) is 0 Å². The average molecular weight is 1080 g/mol. The zero-order valence-corrected chi connectivity index (χ0v) is 44.2. The number of nitrogens with one attached hydrogen (secondary N) is 2. The van der Waals surface area contributed by atoms with Crippen molar-refractivity contribution in [3.8, 4) is 17.0 Å². The van der Waals surface area contributed by atoms with E-state index in [2.05, 4.69) is 35.5 Å².